The Morgan fingerprint density at radius 3 is 2.95 bits per heavy atom. The predicted molar refractivity (Wildman–Crippen MR) is 72.9 cm³/mol. The zero-order valence-electron chi connectivity index (χ0n) is 10.5. The zero-order valence-corrected chi connectivity index (χ0v) is 10.5. The average Bonchev–Trinajstić information content (AvgIpc) is 2.96. The Kier molecular flexibility index (Phi) is 4.28. The van der Waals surface area contributed by atoms with Crippen LogP contribution in [-0.2, 0) is 11.3 Å². The van der Waals surface area contributed by atoms with E-state index in [9.17, 15) is 9.59 Å². The van der Waals surface area contributed by atoms with Crippen LogP contribution in [0, 0.1) is 0 Å². The van der Waals surface area contributed by atoms with Crippen LogP contribution in [-0.4, -0.2) is 27.0 Å². The standard InChI is InChI=1S/C14H13N3O3/c18-13(19)5-4-10-2-1-3-11(8-10)14(20)17-9-12-15-6-7-16-12/h1-8H,9H2,(H,15,16)(H,17,20)(H,18,19). The van der Waals surface area contributed by atoms with Gasteiger partial charge in [0.05, 0.1) is 6.54 Å². The van der Waals surface area contributed by atoms with Gasteiger partial charge in [-0.3, -0.25) is 4.79 Å². The molecule has 6 heteroatoms. The van der Waals surface area contributed by atoms with E-state index in [4.69, 9.17) is 5.11 Å². The van der Waals surface area contributed by atoms with Crippen LogP contribution in [0.15, 0.2) is 42.7 Å². The summed E-state index contributed by atoms with van der Waals surface area (Å²) in [5.41, 5.74) is 1.11. The van der Waals surface area contributed by atoms with Gasteiger partial charge >= 0.3 is 5.97 Å². The van der Waals surface area contributed by atoms with E-state index < -0.39 is 5.97 Å². The number of H-pyrrole nitrogens is 1. The van der Waals surface area contributed by atoms with Gasteiger partial charge in [0.1, 0.15) is 5.82 Å². The van der Waals surface area contributed by atoms with E-state index >= 15 is 0 Å². The predicted octanol–water partition coefficient (Wildman–Crippen LogP) is 1.44. The van der Waals surface area contributed by atoms with Crippen LogP contribution in [0.4, 0.5) is 0 Å². The van der Waals surface area contributed by atoms with Crippen molar-refractivity contribution in [3.05, 3.63) is 59.7 Å². The quantitative estimate of drug-likeness (QED) is 0.717. The maximum absolute atomic E-state index is 11.9. The molecule has 0 atom stereocenters. The smallest absolute Gasteiger partial charge is 0.328 e. The molecule has 20 heavy (non-hydrogen) atoms. The number of amides is 1. The first kappa shape index (κ1) is 13.5. The van der Waals surface area contributed by atoms with Gasteiger partial charge in [-0.25, -0.2) is 9.78 Å². The molecule has 0 unspecified atom stereocenters. The minimum Gasteiger partial charge on any atom is -0.478 e. The number of carboxylic acids is 1. The van der Waals surface area contributed by atoms with Crippen LogP contribution in [0.5, 0.6) is 0 Å². The first-order chi connectivity index (χ1) is 9.65. The van der Waals surface area contributed by atoms with Crippen LogP contribution in [0.1, 0.15) is 21.7 Å². The number of aromatic amines is 1. The summed E-state index contributed by atoms with van der Waals surface area (Å²) in [6.07, 6.45) is 5.75. The fourth-order valence-corrected chi connectivity index (χ4v) is 1.61. The number of benzene rings is 1. The number of rotatable bonds is 5. The first-order valence-corrected chi connectivity index (χ1v) is 5.92. The normalized spacial score (nSPS) is 10.6. The number of nitrogens with one attached hydrogen (secondary N) is 2. The van der Waals surface area contributed by atoms with E-state index in [0.717, 1.165) is 6.08 Å². The zero-order chi connectivity index (χ0) is 14.4. The molecular formula is C14H13N3O3. The van der Waals surface area contributed by atoms with Gasteiger partial charge < -0.3 is 15.4 Å². The van der Waals surface area contributed by atoms with Gasteiger partial charge in [0.2, 0.25) is 0 Å². The molecule has 6 nitrogen and oxygen atoms in total. The van der Waals surface area contributed by atoms with Crippen LogP contribution in [0.25, 0.3) is 6.08 Å². The van der Waals surface area contributed by atoms with Crippen LogP contribution < -0.4 is 5.32 Å². The molecule has 0 spiro atoms. The summed E-state index contributed by atoms with van der Waals surface area (Å²) in [5.74, 6) is -0.607. The summed E-state index contributed by atoms with van der Waals surface area (Å²) < 4.78 is 0. The van der Waals surface area contributed by atoms with Crippen molar-refractivity contribution in [1.29, 1.82) is 0 Å². The molecular weight excluding hydrogens is 258 g/mol. The fraction of sp³-hybridized carbons (Fsp3) is 0.0714. The molecule has 1 heterocycles. The van der Waals surface area contributed by atoms with Crippen molar-refractivity contribution in [2.45, 2.75) is 6.54 Å². The summed E-state index contributed by atoms with van der Waals surface area (Å²) in [7, 11) is 0. The molecule has 102 valence electrons. The second kappa shape index (κ2) is 6.33. The molecule has 0 aliphatic rings. The Balaban J connectivity index is 2.02. The van der Waals surface area contributed by atoms with Crippen molar-refractivity contribution in [2.75, 3.05) is 0 Å². The molecule has 1 aromatic carbocycles. The molecule has 1 aromatic heterocycles. The molecule has 2 aromatic rings. The highest BCUT2D eigenvalue weighted by atomic mass is 16.4. The molecule has 2 rings (SSSR count). The third-order valence-electron chi connectivity index (χ3n) is 2.54. The SMILES string of the molecule is O=C(O)C=Cc1cccc(C(=O)NCc2ncc[nH]2)c1. The maximum atomic E-state index is 11.9. The molecule has 0 fully saturated rings. The number of aromatic nitrogens is 2. The van der Waals surface area contributed by atoms with Crippen molar-refractivity contribution >= 4 is 18.0 Å². The second-order valence-corrected chi connectivity index (χ2v) is 4.02. The van der Waals surface area contributed by atoms with Gasteiger partial charge in [-0.2, -0.15) is 0 Å². The fourth-order valence-electron chi connectivity index (χ4n) is 1.61. The number of aliphatic carboxylic acids is 1. The van der Waals surface area contributed by atoms with Gasteiger partial charge in [-0.05, 0) is 23.8 Å². The Hall–Kier alpha value is -2.89. The monoisotopic (exact) mass is 271 g/mol. The lowest BCUT2D eigenvalue weighted by atomic mass is 10.1. The van der Waals surface area contributed by atoms with Crippen molar-refractivity contribution in [1.82, 2.24) is 15.3 Å². The molecule has 1 amide bonds. The lowest BCUT2D eigenvalue weighted by Crippen LogP contribution is -2.23. The van der Waals surface area contributed by atoms with Crippen molar-refractivity contribution < 1.29 is 14.7 Å². The number of imidazole rings is 1. The molecule has 0 saturated carbocycles. The number of carbonyl (C=O) groups is 2. The Morgan fingerprint density at radius 2 is 2.25 bits per heavy atom. The van der Waals surface area contributed by atoms with E-state index in [2.05, 4.69) is 15.3 Å². The summed E-state index contributed by atoms with van der Waals surface area (Å²) in [6.45, 7) is 0.307. The topological polar surface area (TPSA) is 95.1 Å². The lowest BCUT2D eigenvalue weighted by molar-refractivity contribution is -0.131. The highest BCUT2D eigenvalue weighted by Gasteiger charge is 2.06. The summed E-state index contributed by atoms with van der Waals surface area (Å²) >= 11 is 0. The Bertz CT molecular complexity index is 633. The number of carboxylic acid groups (broad SMARTS) is 1. The van der Waals surface area contributed by atoms with Gasteiger partial charge in [0.15, 0.2) is 0 Å². The van der Waals surface area contributed by atoms with E-state index in [1.807, 2.05) is 0 Å². The number of carbonyl (C=O) groups excluding carboxylic acids is 1. The van der Waals surface area contributed by atoms with Crippen molar-refractivity contribution in [3.63, 3.8) is 0 Å². The van der Waals surface area contributed by atoms with Gasteiger partial charge in [-0.15, -0.1) is 0 Å². The summed E-state index contributed by atoms with van der Waals surface area (Å²) in [6, 6.07) is 6.71. The maximum Gasteiger partial charge on any atom is 0.328 e. The molecule has 0 aliphatic heterocycles. The number of nitrogens with zero attached hydrogens (tertiary/aromatic N) is 1. The number of hydrogen-bond acceptors (Lipinski definition) is 3. The third-order valence-corrected chi connectivity index (χ3v) is 2.54. The Labute approximate surface area is 115 Å². The van der Waals surface area contributed by atoms with E-state index in [1.54, 1.807) is 36.7 Å². The average molecular weight is 271 g/mol. The van der Waals surface area contributed by atoms with Gasteiger partial charge in [0.25, 0.3) is 5.91 Å². The van der Waals surface area contributed by atoms with E-state index in [-0.39, 0.29) is 5.91 Å². The van der Waals surface area contributed by atoms with Crippen molar-refractivity contribution in [2.24, 2.45) is 0 Å². The minimum atomic E-state index is -1.03. The van der Waals surface area contributed by atoms with Crippen LogP contribution >= 0.6 is 0 Å². The highest BCUT2D eigenvalue weighted by molar-refractivity contribution is 5.95. The third kappa shape index (κ3) is 3.81. The molecule has 0 radical (unpaired) electrons. The van der Waals surface area contributed by atoms with Crippen molar-refractivity contribution in [3.8, 4) is 0 Å². The minimum absolute atomic E-state index is 0.244. The second-order valence-electron chi connectivity index (χ2n) is 4.02. The molecule has 0 bridgehead atoms. The molecule has 0 saturated heterocycles. The largest absolute Gasteiger partial charge is 0.478 e. The lowest BCUT2D eigenvalue weighted by Gasteiger charge is -2.04. The van der Waals surface area contributed by atoms with Gasteiger partial charge in [0, 0.05) is 24.0 Å². The van der Waals surface area contributed by atoms with Gasteiger partial charge in [-0.1, -0.05) is 12.1 Å². The van der Waals surface area contributed by atoms with Crippen LogP contribution in [0.2, 0.25) is 0 Å². The number of hydrogen-bond donors (Lipinski definition) is 3. The summed E-state index contributed by atoms with van der Waals surface area (Å²) in [4.78, 5) is 29.3. The van der Waals surface area contributed by atoms with Crippen LogP contribution in [0.3, 0.4) is 0 Å². The summed E-state index contributed by atoms with van der Waals surface area (Å²) in [5, 5.41) is 11.3. The Morgan fingerprint density at radius 1 is 1.40 bits per heavy atom. The molecule has 0 aliphatic carbocycles. The highest BCUT2D eigenvalue weighted by Crippen LogP contribution is 2.07. The van der Waals surface area contributed by atoms with E-state index in [1.165, 1.54) is 6.08 Å². The molecule has 3 N–H and O–H groups in total. The first-order valence-electron chi connectivity index (χ1n) is 5.92. The van der Waals surface area contributed by atoms with E-state index in [0.29, 0.717) is 23.5 Å².